The molecule has 0 radical (unpaired) electrons. The molecule has 0 aromatic rings. The molecule has 0 aromatic carbocycles. The fourth-order valence-corrected chi connectivity index (χ4v) is 2.58. The Labute approximate surface area is 71.3 Å². The number of hydrogen-bond donors (Lipinski definition) is 2. The molecule has 3 N–H and O–H groups in total. The highest BCUT2D eigenvalue weighted by atomic mass is 16.4. The summed E-state index contributed by atoms with van der Waals surface area (Å²) >= 11 is 0. The molecule has 1 amide bonds. The number of likely N-dealkylation sites (tertiary alicyclic amines) is 1. The van der Waals surface area contributed by atoms with Gasteiger partial charge in [0.1, 0.15) is 0 Å². The number of nitrogens with zero attached hydrogens (tertiary/aromatic N) is 1. The van der Waals surface area contributed by atoms with Crippen LogP contribution >= 0.6 is 0 Å². The number of carbonyl (C=O) groups is 1. The van der Waals surface area contributed by atoms with Gasteiger partial charge in [0, 0.05) is 12.6 Å². The molecule has 1 heterocycles. The molecule has 68 valence electrons. The van der Waals surface area contributed by atoms with Crippen molar-refractivity contribution >= 4 is 6.09 Å². The first-order chi connectivity index (χ1) is 5.72. The highest BCUT2D eigenvalue weighted by Gasteiger charge is 2.45. The number of hydrogen-bond acceptors (Lipinski definition) is 2. The molecule has 12 heavy (non-hydrogen) atoms. The van der Waals surface area contributed by atoms with Crippen molar-refractivity contribution in [2.24, 2.45) is 17.6 Å². The predicted molar refractivity (Wildman–Crippen MR) is 43.8 cm³/mol. The highest BCUT2D eigenvalue weighted by Crippen LogP contribution is 2.41. The molecule has 1 saturated heterocycles. The maximum atomic E-state index is 10.7. The van der Waals surface area contributed by atoms with E-state index in [0.717, 1.165) is 12.8 Å². The van der Waals surface area contributed by atoms with Crippen LogP contribution < -0.4 is 5.73 Å². The smallest absolute Gasteiger partial charge is 0.407 e. The van der Waals surface area contributed by atoms with Gasteiger partial charge >= 0.3 is 6.09 Å². The summed E-state index contributed by atoms with van der Waals surface area (Å²) in [5, 5.41) is 8.79. The normalized spacial score (nSPS) is 39.1. The van der Waals surface area contributed by atoms with Crippen LogP contribution in [0.1, 0.15) is 12.8 Å². The van der Waals surface area contributed by atoms with Crippen molar-refractivity contribution in [3.63, 3.8) is 0 Å². The summed E-state index contributed by atoms with van der Waals surface area (Å²) in [6.07, 6.45) is 1.25. The number of amides is 1. The summed E-state index contributed by atoms with van der Waals surface area (Å²) in [6.45, 7) is 1.43. The first-order valence-electron chi connectivity index (χ1n) is 4.42. The third kappa shape index (κ3) is 0.982. The molecular weight excluding hydrogens is 156 g/mol. The van der Waals surface area contributed by atoms with Crippen LogP contribution in [0.25, 0.3) is 0 Å². The molecule has 3 atom stereocenters. The lowest BCUT2D eigenvalue weighted by molar-refractivity contribution is 0.121. The molecule has 4 heteroatoms. The molecule has 1 saturated carbocycles. The number of carboxylic acid groups (broad SMARTS) is 1. The summed E-state index contributed by atoms with van der Waals surface area (Å²) in [5.74, 6) is 1.11. The molecule has 2 rings (SSSR count). The van der Waals surface area contributed by atoms with Crippen LogP contribution in [0.5, 0.6) is 0 Å². The van der Waals surface area contributed by atoms with Crippen molar-refractivity contribution in [3.05, 3.63) is 0 Å². The van der Waals surface area contributed by atoms with E-state index in [1.54, 1.807) is 4.90 Å². The average molecular weight is 170 g/mol. The standard InChI is InChI=1S/C8H14N2O2/c9-3-5-1-7-2-6(5)4-10(7)8(11)12/h5-7H,1-4,9H2,(H,11,12). The minimum atomic E-state index is -0.766. The minimum absolute atomic E-state index is 0.265. The van der Waals surface area contributed by atoms with Gasteiger partial charge in [0.15, 0.2) is 0 Å². The fraction of sp³-hybridized carbons (Fsp3) is 0.875. The van der Waals surface area contributed by atoms with Gasteiger partial charge in [0.2, 0.25) is 0 Å². The van der Waals surface area contributed by atoms with Crippen molar-refractivity contribution in [2.45, 2.75) is 18.9 Å². The molecule has 1 aliphatic heterocycles. The van der Waals surface area contributed by atoms with E-state index < -0.39 is 6.09 Å². The van der Waals surface area contributed by atoms with E-state index in [9.17, 15) is 4.79 Å². The summed E-state index contributed by atoms with van der Waals surface area (Å²) in [6, 6.07) is 0.265. The number of fused-ring (bicyclic) bond motifs is 2. The molecule has 2 aliphatic rings. The van der Waals surface area contributed by atoms with E-state index in [2.05, 4.69) is 0 Å². The van der Waals surface area contributed by atoms with Crippen molar-refractivity contribution in [3.8, 4) is 0 Å². The van der Waals surface area contributed by atoms with E-state index in [1.165, 1.54) is 0 Å². The van der Waals surface area contributed by atoms with Crippen molar-refractivity contribution in [2.75, 3.05) is 13.1 Å². The topological polar surface area (TPSA) is 66.6 Å². The minimum Gasteiger partial charge on any atom is -0.465 e. The monoisotopic (exact) mass is 170 g/mol. The quantitative estimate of drug-likeness (QED) is 0.596. The van der Waals surface area contributed by atoms with Gasteiger partial charge in [0.25, 0.3) is 0 Å². The number of nitrogens with two attached hydrogens (primary N) is 1. The largest absolute Gasteiger partial charge is 0.465 e. The summed E-state index contributed by atoms with van der Waals surface area (Å²) in [7, 11) is 0. The zero-order chi connectivity index (χ0) is 8.72. The molecular formula is C8H14N2O2. The Hall–Kier alpha value is -0.770. The molecule has 2 bridgehead atoms. The van der Waals surface area contributed by atoms with Crippen molar-refractivity contribution in [1.29, 1.82) is 0 Å². The van der Waals surface area contributed by atoms with Crippen LogP contribution in [0.2, 0.25) is 0 Å². The van der Waals surface area contributed by atoms with Gasteiger partial charge in [-0.1, -0.05) is 0 Å². The lowest BCUT2D eigenvalue weighted by Gasteiger charge is -2.28. The number of piperidine rings is 1. The summed E-state index contributed by atoms with van der Waals surface area (Å²) < 4.78 is 0. The molecule has 1 aliphatic carbocycles. The second-order valence-corrected chi connectivity index (χ2v) is 3.82. The van der Waals surface area contributed by atoms with Crippen LogP contribution in [-0.2, 0) is 0 Å². The van der Waals surface area contributed by atoms with Crippen molar-refractivity contribution < 1.29 is 9.90 Å². The first kappa shape index (κ1) is 7.86. The second-order valence-electron chi connectivity index (χ2n) is 3.82. The molecule has 2 fully saturated rings. The third-order valence-electron chi connectivity index (χ3n) is 3.24. The molecule has 3 unspecified atom stereocenters. The van der Waals surface area contributed by atoms with E-state index in [1.807, 2.05) is 0 Å². The Balaban J connectivity index is 2.03. The van der Waals surface area contributed by atoms with Gasteiger partial charge in [-0.3, -0.25) is 0 Å². The van der Waals surface area contributed by atoms with Crippen LogP contribution in [-0.4, -0.2) is 35.2 Å². The third-order valence-corrected chi connectivity index (χ3v) is 3.24. The second kappa shape index (κ2) is 2.62. The Bertz CT molecular complexity index is 207. The zero-order valence-corrected chi connectivity index (χ0v) is 6.94. The SMILES string of the molecule is NCC1CC2CC1CN2C(=O)O. The van der Waals surface area contributed by atoms with Gasteiger partial charge in [0.05, 0.1) is 0 Å². The van der Waals surface area contributed by atoms with Crippen LogP contribution in [0.3, 0.4) is 0 Å². The van der Waals surface area contributed by atoms with E-state index in [-0.39, 0.29) is 6.04 Å². The van der Waals surface area contributed by atoms with Crippen LogP contribution in [0, 0.1) is 11.8 Å². The lowest BCUT2D eigenvalue weighted by atomic mass is 9.95. The zero-order valence-electron chi connectivity index (χ0n) is 6.94. The highest BCUT2D eigenvalue weighted by molar-refractivity contribution is 5.66. The maximum absolute atomic E-state index is 10.7. The van der Waals surface area contributed by atoms with E-state index >= 15 is 0 Å². The van der Waals surface area contributed by atoms with E-state index in [4.69, 9.17) is 10.8 Å². The molecule has 0 spiro atoms. The van der Waals surface area contributed by atoms with Gasteiger partial charge in [-0.05, 0) is 31.2 Å². The first-order valence-corrected chi connectivity index (χ1v) is 4.42. The Morgan fingerprint density at radius 2 is 2.33 bits per heavy atom. The van der Waals surface area contributed by atoms with E-state index in [0.29, 0.717) is 24.9 Å². The van der Waals surface area contributed by atoms with Gasteiger partial charge in [-0.25, -0.2) is 4.79 Å². The van der Waals surface area contributed by atoms with Gasteiger partial charge < -0.3 is 15.7 Å². The van der Waals surface area contributed by atoms with Crippen molar-refractivity contribution in [1.82, 2.24) is 4.90 Å². The Morgan fingerprint density at radius 3 is 2.75 bits per heavy atom. The summed E-state index contributed by atoms with van der Waals surface area (Å²) in [5.41, 5.74) is 5.58. The van der Waals surface area contributed by atoms with Crippen LogP contribution in [0.15, 0.2) is 0 Å². The van der Waals surface area contributed by atoms with Crippen LogP contribution in [0.4, 0.5) is 4.79 Å². The Kier molecular flexibility index (Phi) is 1.72. The van der Waals surface area contributed by atoms with Gasteiger partial charge in [-0.2, -0.15) is 0 Å². The molecule has 4 nitrogen and oxygen atoms in total. The lowest BCUT2D eigenvalue weighted by Crippen LogP contribution is -2.40. The predicted octanol–water partition coefficient (Wildman–Crippen LogP) is 0.334. The molecule has 0 aromatic heterocycles. The maximum Gasteiger partial charge on any atom is 0.407 e. The number of rotatable bonds is 1. The van der Waals surface area contributed by atoms with Gasteiger partial charge in [-0.15, -0.1) is 0 Å². The summed E-state index contributed by atoms with van der Waals surface area (Å²) in [4.78, 5) is 12.2. The average Bonchev–Trinajstić information content (AvgIpc) is 2.60. The fourth-order valence-electron chi connectivity index (χ4n) is 2.58. The Morgan fingerprint density at radius 1 is 1.58 bits per heavy atom.